The van der Waals surface area contributed by atoms with Gasteiger partial charge in [-0.25, -0.2) is 0 Å². The summed E-state index contributed by atoms with van der Waals surface area (Å²) in [6.07, 6.45) is 0. The van der Waals surface area contributed by atoms with Crippen LogP contribution in [0.5, 0.6) is 5.75 Å². The first-order valence-corrected chi connectivity index (χ1v) is 4.71. The van der Waals surface area contributed by atoms with Crippen LogP contribution in [-0.4, -0.2) is 11.0 Å². The van der Waals surface area contributed by atoms with Crippen molar-refractivity contribution in [2.24, 2.45) is 0 Å². The van der Waals surface area contributed by atoms with E-state index in [0.717, 1.165) is 4.47 Å². The summed E-state index contributed by atoms with van der Waals surface area (Å²) in [6, 6.07) is 5.20. The normalized spacial score (nSPS) is 9.83. The molecule has 0 atom stereocenters. The summed E-state index contributed by atoms with van der Waals surface area (Å²) >= 11 is 8.91. The maximum atomic E-state index is 9.44. The molecule has 64 valence electrons. The van der Waals surface area contributed by atoms with Gasteiger partial charge >= 0.3 is 0 Å². The van der Waals surface area contributed by atoms with Crippen molar-refractivity contribution in [3.63, 3.8) is 0 Å². The van der Waals surface area contributed by atoms with Crippen LogP contribution in [-0.2, 0) is 0 Å². The van der Waals surface area contributed by atoms with Gasteiger partial charge in [0.2, 0.25) is 0 Å². The molecule has 0 fully saturated rings. The van der Waals surface area contributed by atoms with E-state index in [1.54, 1.807) is 12.1 Å². The van der Waals surface area contributed by atoms with Gasteiger partial charge in [-0.2, -0.15) is 0 Å². The van der Waals surface area contributed by atoms with E-state index in [-0.39, 0.29) is 5.75 Å². The Morgan fingerprint density at radius 2 is 2.25 bits per heavy atom. The number of phenolic OH excluding ortho intramolecular Hbond substituents is 1. The summed E-state index contributed by atoms with van der Waals surface area (Å²) in [6.45, 7) is 3.74. The van der Waals surface area contributed by atoms with E-state index >= 15 is 0 Å². The molecule has 0 saturated carbocycles. The maximum Gasteiger partial charge on any atom is 0.124 e. The number of alkyl halides is 1. The van der Waals surface area contributed by atoms with Crippen LogP contribution in [0.25, 0.3) is 5.57 Å². The summed E-state index contributed by atoms with van der Waals surface area (Å²) < 4.78 is 0.813. The number of hydrogen-bond donors (Lipinski definition) is 1. The first kappa shape index (κ1) is 9.62. The lowest BCUT2D eigenvalue weighted by Crippen LogP contribution is -1.86. The summed E-state index contributed by atoms with van der Waals surface area (Å²) in [7, 11) is 0. The Labute approximate surface area is 84.8 Å². The Balaban J connectivity index is 3.21. The molecular weight excluding hydrogens is 239 g/mol. The maximum absolute atomic E-state index is 9.44. The Morgan fingerprint density at radius 1 is 1.58 bits per heavy atom. The monoisotopic (exact) mass is 246 g/mol. The highest BCUT2D eigenvalue weighted by Crippen LogP contribution is 2.31. The number of rotatable bonds is 2. The zero-order valence-electron chi connectivity index (χ0n) is 6.35. The summed E-state index contributed by atoms with van der Waals surface area (Å²) in [5, 5.41) is 9.44. The van der Waals surface area contributed by atoms with Crippen molar-refractivity contribution in [3.05, 3.63) is 34.8 Å². The van der Waals surface area contributed by atoms with Gasteiger partial charge < -0.3 is 5.11 Å². The minimum absolute atomic E-state index is 0.204. The first-order chi connectivity index (χ1) is 5.66. The van der Waals surface area contributed by atoms with Gasteiger partial charge in [-0.3, -0.25) is 0 Å². The van der Waals surface area contributed by atoms with Gasteiger partial charge in [-0.05, 0) is 17.7 Å². The average Bonchev–Trinajstić information content (AvgIpc) is 2.03. The number of phenols is 1. The molecule has 0 radical (unpaired) electrons. The third-order valence-corrected chi connectivity index (χ3v) is 2.49. The topological polar surface area (TPSA) is 20.2 Å². The predicted octanol–water partition coefficient (Wildman–Crippen LogP) is 3.41. The number of halogens is 2. The van der Waals surface area contributed by atoms with E-state index in [4.69, 9.17) is 11.6 Å². The predicted molar refractivity (Wildman–Crippen MR) is 55.6 cm³/mol. The zero-order chi connectivity index (χ0) is 9.14. The second-order valence-corrected chi connectivity index (χ2v) is 3.49. The lowest BCUT2D eigenvalue weighted by Gasteiger charge is -2.06. The molecule has 0 amide bonds. The molecule has 1 N–H and O–H groups in total. The fourth-order valence-corrected chi connectivity index (χ4v) is 1.70. The third-order valence-electron chi connectivity index (χ3n) is 1.51. The van der Waals surface area contributed by atoms with Gasteiger partial charge in [0.1, 0.15) is 5.75 Å². The van der Waals surface area contributed by atoms with Crippen molar-refractivity contribution in [2.75, 3.05) is 5.88 Å². The molecule has 12 heavy (non-hydrogen) atoms. The van der Waals surface area contributed by atoms with Crippen molar-refractivity contribution >= 4 is 33.1 Å². The molecule has 0 aliphatic carbocycles. The van der Waals surface area contributed by atoms with Crippen LogP contribution in [0.2, 0.25) is 0 Å². The average molecular weight is 248 g/mol. The summed E-state index contributed by atoms with van der Waals surface area (Å²) in [4.78, 5) is 0. The molecule has 1 aromatic carbocycles. The minimum atomic E-state index is 0.204. The van der Waals surface area contributed by atoms with Crippen molar-refractivity contribution in [2.45, 2.75) is 0 Å². The van der Waals surface area contributed by atoms with Crippen molar-refractivity contribution in [1.82, 2.24) is 0 Å². The van der Waals surface area contributed by atoms with E-state index in [9.17, 15) is 5.11 Å². The summed E-state index contributed by atoms with van der Waals surface area (Å²) in [5.74, 6) is 0.519. The van der Waals surface area contributed by atoms with Crippen molar-refractivity contribution in [1.29, 1.82) is 0 Å². The molecule has 1 rings (SSSR count). The highest BCUT2D eigenvalue weighted by Gasteiger charge is 2.07. The van der Waals surface area contributed by atoms with Gasteiger partial charge in [-0.15, -0.1) is 11.6 Å². The van der Waals surface area contributed by atoms with Crippen molar-refractivity contribution < 1.29 is 5.11 Å². The molecule has 0 unspecified atom stereocenters. The number of benzene rings is 1. The van der Waals surface area contributed by atoms with Crippen LogP contribution in [0.15, 0.2) is 29.3 Å². The highest BCUT2D eigenvalue weighted by atomic mass is 79.9. The van der Waals surface area contributed by atoms with Crippen LogP contribution in [0.4, 0.5) is 0 Å². The van der Waals surface area contributed by atoms with Gasteiger partial charge in [0.05, 0.1) is 0 Å². The Kier molecular flexibility index (Phi) is 3.18. The van der Waals surface area contributed by atoms with Gasteiger partial charge in [-0.1, -0.05) is 28.6 Å². The van der Waals surface area contributed by atoms with E-state index < -0.39 is 0 Å². The fourth-order valence-electron chi connectivity index (χ4n) is 0.930. The lowest BCUT2D eigenvalue weighted by atomic mass is 10.1. The summed E-state index contributed by atoms with van der Waals surface area (Å²) in [5.41, 5.74) is 1.40. The van der Waals surface area contributed by atoms with Crippen LogP contribution in [0, 0.1) is 0 Å². The Hall–Kier alpha value is -0.470. The lowest BCUT2D eigenvalue weighted by molar-refractivity contribution is 0.473. The molecule has 0 aliphatic rings. The number of allylic oxidation sites excluding steroid dienone is 1. The molecule has 0 aliphatic heterocycles. The molecule has 0 spiro atoms. The minimum Gasteiger partial charge on any atom is -0.507 e. The molecule has 1 aromatic rings. The smallest absolute Gasteiger partial charge is 0.124 e. The van der Waals surface area contributed by atoms with Gasteiger partial charge in [0.25, 0.3) is 0 Å². The van der Waals surface area contributed by atoms with Crippen LogP contribution in [0.1, 0.15) is 5.56 Å². The Morgan fingerprint density at radius 3 is 2.75 bits per heavy atom. The highest BCUT2D eigenvalue weighted by molar-refractivity contribution is 9.10. The van der Waals surface area contributed by atoms with E-state index in [2.05, 4.69) is 22.5 Å². The second-order valence-electron chi connectivity index (χ2n) is 2.37. The largest absolute Gasteiger partial charge is 0.507 e. The standard InChI is InChI=1S/C9H8BrClO/c1-6(5-11)9-7(10)3-2-4-8(9)12/h2-4,12H,1,5H2. The van der Waals surface area contributed by atoms with Crippen LogP contribution in [0.3, 0.4) is 0 Å². The second kappa shape index (κ2) is 3.97. The number of hydrogen-bond acceptors (Lipinski definition) is 1. The molecular formula is C9H8BrClO. The zero-order valence-corrected chi connectivity index (χ0v) is 8.69. The molecule has 1 nitrogen and oxygen atoms in total. The molecule has 3 heteroatoms. The first-order valence-electron chi connectivity index (χ1n) is 3.38. The fraction of sp³-hybridized carbons (Fsp3) is 0.111. The molecule has 0 aromatic heterocycles. The van der Waals surface area contributed by atoms with Crippen molar-refractivity contribution in [3.8, 4) is 5.75 Å². The molecule has 0 bridgehead atoms. The molecule has 0 heterocycles. The van der Waals surface area contributed by atoms with E-state index in [1.807, 2.05) is 6.07 Å². The molecule has 0 saturated heterocycles. The number of aromatic hydroxyl groups is 1. The van der Waals surface area contributed by atoms with Crippen LogP contribution < -0.4 is 0 Å². The third kappa shape index (κ3) is 1.82. The van der Waals surface area contributed by atoms with Crippen LogP contribution >= 0.6 is 27.5 Å². The van der Waals surface area contributed by atoms with E-state index in [0.29, 0.717) is 17.0 Å². The van der Waals surface area contributed by atoms with Gasteiger partial charge in [0.15, 0.2) is 0 Å². The van der Waals surface area contributed by atoms with Gasteiger partial charge in [0, 0.05) is 15.9 Å². The Bertz CT molecular complexity index is 289. The van der Waals surface area contributed by atoms with E-state index in [1.165, 1.54) is 0 Å². The SMILES string of the molecule is C=C(CCl)c1c(O)cccc1Br. The quantitative estimate of drug-likeness (QED) is 0.794.